The molecule has 10 heteroatoms. The largest absolute Gasteiger partial charge is 0.495 e. The lowest BCUT2D eigenvalue weighted by atomic mass is 10.1. The monoisotopic (exact) mass is 449 g/mol. The van der Waals surface area contributed by atoms with E-state index in [0.717, 1.165) is 0 Å². The number of carbonyl (C=O) groups is 3. The molecule has 0 spiro atoms. The van der Waals surface area contributed by atoms with Gasteiger partial charge in [0.25, 0.3) is 5.91 Å². The zero-order chi connectivity index (χ0) is 24.0. The van der Waals surface area contributed by atoms with Gasteiger partial charge in [-0.15, -0.1) is 0 Å². The number of nitrogens with zero attached hydrogens (tertiary/aromatic N) is 1. The van der Waals surface area contributed by atoms with Crippen LogP contribution in [0.2, 0.25) is 0 Å². The maximum atomic E-state index is 12.5. The molecule has 4 amide bonds. The minimum atomic E-state index is -0.606. The van der Waals surface area contributed by atoms with E-state index in [1.165, 1.54) is 32.5 Å². The smallest absolute Gasteiger partial charge is 0.323 e. The summed E-state index contributed by atoms with van der Waals surface area (Å²) in [4.78, 5) is 39.7. The van der Waals surface area contributed by atoms with E-state index in [4.69, 9.17) is 15.2 Å². The summed E-state index contributed by atoms with van der Waals surface area (Å²) >= 11 is 0. The van der Waals surface area contributed by atoms with Crippen molar-refractivity contribution in [1.82, 2.24) is 10.3 Å². The molecule has 0 fully saturated rings. The zero-order valence-electron chi connectivity index (χ0n) is 18.3. The van der Waals surface area contributed by atoms with Gasteiger partial charge in [-0.05, 0) is 55.0 Å². The number of primary amides is 1. The minimum Gasteiger partial charge on any atom is -0.495 e. The Labute approximate surface area is 190 Å². The van der Waals surface area contributed by atoms with Crippen molar-refractivity contribution in [2.45, 2.75) is 6.92 Å². The van der Waals surface area contributed by atoms with E-state index < -0.39 is 11.9 Å². The normalized spacial score (nSPS) is 10.2. The van der Waals surface area contributed by atoms with E-state index in [2.05, 4.69) is 20.9 Å². The zero-order valence-corrected chi connectivity index (χ0v) is 18.3. The van der Waals surface area contributed by atoms with Crippen LogP contribution in [0.1, 0.15) is 26.4 Å². The van der Waals surface area contributed by atoms with Crippen LogP contribution >= 0.6 is 0 Å². The Bertz CT molecular complexity index is 1190. The van der Waals surface area contributed by atoms with E-state index in [9.17, 15) is 14.4 Å². The molecule has 0 aliphatic carbocycles. The third-order valence-electron chi connectivity index (χ3n) is 4.60. The van der Waals surface area contributed by atoms with Gasteiger partial charge in [-0.2, -0.15) is 0 Å². The Hall–Kier alpha value is -4.60. The number of benzene rings is 2. The van der Waals surface area contributed by atoms with Crippen molar-refractivity contribution in [3.8, 4) is 17.2 Å². The van der Waals surface area contributed by atoms with E-state index in [1.807, 2.05) is 0 Å². The standard InChI is InChI=1S/C23H23N5O5/c1-13-10-20(32-3)18(12-17(13)21(24)29)28-23(31)27-14-4-6-15(7-5-14)33-16-8-9-26-19(11-16)22(30)25-2/h4-12H,1-3H3,(H2,24,29)(H,25,30)(H2,27,28,31). The van der Waals surface area contributed by atoms with Crippen LogP contribution in [0.15, 0.2) is 54.7 Å². The number of aryl methyl sites for hydroxylation is 1. The fourth-order valence-electron chi connectivity index (χ4n) is 2.97. The summed E-state index contributed by atoms with van der Waals surface area (Å²) in [6, 6.07) is 12.3. The first-order chi connectivity index (χ1) is 15.8. The molecule has 1 aromatic heterocycles. The summed E-state index contributed by atoms with van der Waals surface area (Å²) in [5.74, 6) is 0.412. The number of carbonyl (C=O) groups excluding carboxylic acids is 3. The van der Waals surface area contributed by atoms with Crippen LogP contribution in [0, 0.1) is 6.92 Å². The fourth-order valence-corrected chi connectivity index (χ4v) is 2.97. The Morgan fingerprint density at radius 1 is 0.970 bits per heavy atom. The summed E-state index contributed by atoms with van der Waals surface area (Å²) < 4.78 is 11.0. The van der Waals surface area contributed by atoms with E-state index in [1.54, 1.807) is 43.3 Å². The van der Waals surface area contributed by atoms with Gasteiger partial charge >= 0.3 is 6.03 Å². The maximum absolute atomic E-state index is 12.5. The Balaban J connectivity index is 1.67. The van der Waals surface area contributed by atoms with E-state index in [-0.39, 0.29) is 17.2 Å². The first-order valence-electron chi connectivity index (χ1n) is 9.83. The maximum Gasteiger partial charge on any atom is 0.323 e. The summed E-state index contributed by atoms with van der Waals surface area (Å²) in [7, 11) is 2.98. The first-order valence-corrected chi connectivity index (χ1v) is 9.83. The molecular weight excluding hydrogens is 426 g/mol. The summed E-state index contributed by atoms with van der Waals surface area (Å²) in [5.41, 5.74) is 7.34. The molecule has 1 heterocycles. The van der Waals surface area contributed by atoms with Gasteiger partial charge < -0.3 is 31.2 Å². The summed E-state index contributed by atoms with van der Waals surface area (Å²) in [5, 5.41) is 7.84. The van der Waals surface area contributed by atoms with E-state index >= 15 is 0 Å². The van der Waals surface area contributed by atoms with Crippen molar-refractivity contribution in [3.63, 3.8) is 0 Å². The van der Waals surface area contributed by atoms with Crippen LogP contribution in [0.3, 0.4) is 0 Å². The molecule has 3 rings (SSSR count). The lowest BCUT2D eigenvalue weighted by Crippen LogP contribution is -2.21. The van der Waals surface area contributed by atoms with Crippen molar-refractivity contribution in [3.05, 3.63) is 71.5 Å². The van der Waals surface area contributed by atoms with Gasteiger partial charge in [0.1, 0.15) is 22.9 Å². The number of nitrogens with one attached hydrogen (secondary N) is 3. The van der Waals surface area contributed by atoms with Gasteiger partial charge in [-0.3, -0.25) is 14.6 Å². The molecule has 2 aromatic carbocycles. The molecule has 33 heavy (non-hydrogen) atoms. The Morgan fingerprint density at radius 2 is 1.70 bits per heavy atom. The van der Waals surface area contributed by atoms with Crippen molar-refractivity contribution in [1.29, 1.82) is 0 Å². The number of amides is 4. The molecule has 0 unspecified atom stereocenters. The lowest BCUT2D eigenvalue weighted by Gasteiger charge is -2.14. The van der Waals surface area contributed by atoms with Crippen LogP contribution in [0.25, 0.3) is 0 Å². The van der Waals surface area contributed by atoms with Crippen LogP contribution in [-0.2, 0) is 0 Å². The molecule has 3 aromatic rings. The van der Waals surface area contributed by atoms with Gasteiger partial charge in [-0.25, -0.2) is 4.79 Å². The molecule has 0 radical (unpaired) electrons. The van der Waals surface area contributed by atoms with Crippen molar-refractivity contribution in [2.75, 3.05) is 24.8 Å². The number of nitrogens with two attached hydrogens (primary N) is 1. The number of aromatic nitrogens is 1. The molecule has 0 bridgehead atoms. The number of anilines is 2. The predicted octanol–water partition coefficient (Wildman–Crippen LogP) is 3.29. The number of hydrogen-bond donors (Lipinski definition) is 4. The molecule has 0 saturated carbocycles. The third kappa shape index (κ3) is 5.76. The second-order valence-electron chi connectivity index (χ2n) is 6.89. The van der Waals surface area contributed by atoms with Gasteiger partial charge in [0.05, 0.1) is 12.8 Å². The number of ether oxygens (including phenoxy) is 2. The number of hydrogen-bond acceptors (Lipinski definition) is 6. The van der Waals surface area contributed by atoms with Crippen LogP contribution in [0.5, 0.6) is 17.2 Å². The highest BCUT2D eigenvalue weighted by Gasteiger charge is 2.14. The Kier molecular flexibility index (Phi) is 7.09. The van der Waals surface area contributed by atoms with Gasteiger partial charge in [-0.1, -0.05) is 0 Å². The highest BCUT2D eigenvalue weighted by molar-refractivity contribution is 6.02. The van der Waals surface area contributed by atoms with Crippen molar-refractivity contribution >= 4 is 29.2 Å². The van der Waals surface area contributed by atoms with Crippen molar-refractivity contribution < 1.29 is 23.9 Å². The quantitative estimate of drug-likeness (QED) is 0.436. The minimum absolute atomic E-state index is 0.232. The number of urea groups is 1. The van der Waals surface area contributed by atoms with Gasteiger partial charge in [0.2, 0.25) is 5.91 Å². The van der Waals surface area contributed by atoms with Crippen LogP contribution in [0.4, 0.5) is 16.2 Å². The van der Waals surface area contributed by atoms with Crippen LogP contribution < -0.4 is 31.2 Å². The SMILES string of the molecule is CNC(=O)c1cc(Oc2ccc(NC(=O)Nc3cc(C(N)=O)c(C)cc3OC)cc2)ccn1. The number of rotatable bonds is 7. The fraction of sp³-hybridized carbons (Fsp3) is 0.130. The molecule has 5 N–H and O–H groups in total. The molecule has 0 atom stereocenters. The summed E-state index contributed by atoms with van der Waals surface area (Å²) in [6.07, 6.45) is 1.48. The number of methoxy groups -OCH3 is 1. The second kappa shape index (κ2) is 10.1. The van der Waals surface area contributed by atoms with Gasteiger partial charge in [0, 0.05) is 30.6 Å². The highest BCUT2D eigenvalue weighted by atomic mass is 16.5. The van der Waals surface area contributed by atoms with Crippen molar-refractivity contribution in [2.24, 2.45) is 5.73 Å². The average molecular weight is 449 g/mol. The molecule has 0 aliphatic heterocycles. The topological polar surface area (TPSA) is 145 Å². The second-order valence-corrected chi connectivity index (χ2v) is 6.89. The van der Waals surface area contributed by atoms with Crippen LogP contribution in [-0.4, -0.2) is 37.0 Å². The summed E-state index contributed by atoms with van der Waals surface area (Å²) in [6.45, 7) is 1.72. The third-order valence-corrected chi connectivity index (χ3v) is 4.60. The molecule has 10 nitrogen and oxygen atoms in total. The molecular formula is C23H23N5O5. The average Bonchev–Trinajstić information content (AvgIpc) is 2.80. The first kappa shape index (κ1) is 23.1. The highest BCUT2D eigenvalue weighted by Crippen LogP contribution is 2.29. The Morgan fingerprint density at radius 3 is 2.33 bits per heavy atom. The van der Waals surface area contributed by atoms with Gasteiger partial charge in [0.15, 0.2) is 0 Å². The van der Waals surface area contributed by atoms with E-state index in [0.29, 0.717) is 34.2 Å². The molecule has 170 valence electrons. The number of pyridine rings is 1. The lowest BCUT2D eigenvalue weighted by molar-refractivity contribution is 0.0956. The molecule has 0 aliphatic rings. The molecule has 0 saturated heterocycles. The predicted molar refractivity (Wildman–Crippen MR) is 123 cm³/mol.